The molecule has 0 radical (unpaired) electrons. The van der Waals surface area contributed by atoms with Gasteiger partial charge in [-0.05, 0) is 45.0 Å². The topological polar surface area (TPSA) is 86.8 Å². The summed E-state index contributed by atoms with van der Waals surface area (Å²) in [5, 5.41) is 3.48. The Morgan fingerprint density at radius 2 is 1.46 bits per heavy atom. The third kappa shape index (κ3) is 7.78. The quantitative estimate of drug-likeness (QED) is 0.375. The molecule has 0 aliphatic carbocycles. The number of carbonyl (C=O) groups is 2. The van der Waals surface area contributed by atoms with E-state index in [0.717, 1.165) is 10.6 Å². The Morgan fingerprint density at radius 1 is 0.914 bits per heavy atom. The highest BCUT2D eigenvalue weighted by Gasteiger charge is 2.32. The van der Waals surface area contributed by atoms with Gasteiger partial charge in [-0.15, -0.1) is 0 Å². The molecule has 2 amide bonds. The van der Waals surface area contributed by atoms with Gasteiger partial charge >= 0.3 is 0 Å². The molecule has 0 aromatic heterocycles. The van der Waals surface area contributed by atoms with Gasteiger partial charge in [0, 0.05) is 28.2 Å². The highest BCUT2D eigenvalue weighted by atomic mass is 35.5. The molecule has 0 saturated carbocycles. The van der Waals surface area contributed by atoms with Crippen LogP contribution in [-0.2, 0) is 26.2 Å². The zero-order valence-electron chi connectivity index (χ0n) is 19.3. The number of hydrogen-bond acceptors (Lipinski definition) is 4. The molecular weight excluding hydrogens is 580 g/mol. The van der Waals surface area contributed by atoms with Gasteiger partial charge in [0.25, 0.3) is 0 Å². The Morgan fingerprint density at radius 3 is 1.97 bits per heavy atom. The molecule has 2 aromatic carbocycles. The van der Waals surface area contributed by atoms with Gasteiger partial charge in [0.2, 0.25) is 21.8 Å². The van der Waals surface area contributed by atoms with Gasteiger partial charge in [0.1, 0.15) is 12.6 Å². The first-order valence-electron chi connectivity index (χ1n) is 10.3. The largest absolute Gasteiger partial charge is 0.352 e. The highest BCUT2D eigenvalue weighted by molar-refractivity contribution is 7.92. The number of nitrogens with zero attached hydrogens (tertiary/aromatic N) is 2. The molecule has 0 bridgehead atoms. The molecular formula is C22H24Cl5N3O4S. The van der Waals surface area contributed by atoms with Crippen molar-refractivity contribution in [1.82, 2.24) is 10.2 Å². The van der Waals surface area contributed by atoms with E-state index in [1.54, 1.807) is 32.0 Å². The van der Waals surface area contributed by atoms with Crippen molar-refractivity contribution >= 4 is 85.5 Å². The van der Waals surface area contributed by atoms with Crippen molar-refractivity contribution in [3.8, 4) is 0 Å². The van der Waals surface area contributed by atoms with E-state index in [2.05, 4.69) is 5.32 Å². The van der Waals surface area contributed by atoms with Crippen LogP contribution in [0.5, 0.6) is 0 Å². The summed E-state index contributed by atoms with van der Waals surface area (Å²) in [6.45, 7) is 4.27. The van der Waals surface area contributed by atoms with E-state index < -0.39 is 34.4 Å². The van der Waals surface area contributed by atoms with Gasteiger partial charge < -0.3 is 10.2 Å². The van der Waals surface area contributed by atoms with E-state index in [9.17, 15) is 18.0 Å². The SMILES string of the molecule is CC(C)NC(=O)[C@H](C)N(Cc1c(Cl)cccc1Cl)C(=O)CN(c1cc(Cl)c(Cl)cc1Cl)S(C)(=O)=O. The van der Waals surface area contributed by atoms with E-state index in [0.29, 0.717) is 15.6 Å². The van der Waals surface area contributed by atoms with E-state index in [1.807, 2.05) is 0 Å². The van der Waals surface area contributed by atoms with Gasteiger partial charge in [-0.25, -0.2) is 8.42 Å². The summed E-state index contributed by atoms with van der Waals surface area (Å²) in [5.41, 5.74) is 0.374. The summed E-state index contributed by atoms with van der Waals surface area (Å²) in [7, 11) is -4.01. The fraction of sp³-hybridized carbons (Fsp3) is 0.364. The molecule has 0 unspecified atom stereocenters. The second-order valence-electron chi connectivity index (χ2n) is 8.05. The zero-order chi connectivity index (χ0) is 26.7. The monoisotopic (exact) mass is 601 g/mol. The second kappa shape index (κ2) is 12.2. The Balaban J connectivity index is 2.52. The number of carbonyl (C=O) groups excluding carboxylic acids is 2. The van der Waals surface area contributed by atoms with Crippen LogP contribution >= 0.6 is 58.0 Å². The third-order valence-corrected chi connectivity index (χ3v) is 7.79. The molecule has 1 atom stereocenters. The molecule has 0 aliphatic rings. The summed E-state index contributed by atoms with van der Waals surface area (Å²) in [4.78, 5) is 27.5. The number of nitrogens with one attached hydrogen (secondary N) is 1. The van der Waals surface area contributed by atoms with Gasteiger partial charge in [0.15, 0.2) is 0 Å². The summed E-state index contributed by atoms with van der Waals surface area (Å²) in [6.07, 6.45) is 0.920. The lowest BCUT2D eigenvalue weighted by Gasteiger charge is -2.32. The lowest BCUT2D eigenvalue weighted by atomic mass is 10.1. The highest BCUT2D eigenvalue weighted by Crippen LogP contribution is 2.36. The van der Waals surface area contributed by atoms with Crippen LogP contribution in [0.4, 0.5) is 5.69 Å². The normalized spacial score (nSPS) is 12.4. The van der Waals surface area contributed by atoms with Gasteiger partial charge in [0.05, 0.1) is 27.0 Å². The predicted octanol–water partition coefficient (Wildman–Crippen LogP) is 5.66. The van der Waals surface area contributed by atoms with E-state index in [4.69, 9.17) is 58.0 Å². The minimum Gasteiger partial charge on any atom is -0.352 e. The summed E-state index contributed by atoms with van der Waals surface area (Å²) >= 11 is 30.9. The van der Waals surface area contributed by atoms with Crippen LogP contribution in [0.3, 0.4) is 0 Å². The Kier molecular flexibility index (Phi) is 10.4. The molecule has 0 heterocycles. The zero-order valence-corrected chi connectivity index (χ0v) is 23.9. The van der Waals surface area contributed by atoms with Crippen molar-refractivity contribution in [3.63, 3.8) is 0 Å². The van der Waals surface area contributed by atoms with Crippen LogP contribution in [0.2, 0.25) is 25.1 Å². The Labute approximate surface area is 230 Å². The number of benzene rings is 2. The molecule has 0 fully saturated rings. The first-order valence-corrected chi connectivity index (χ1v) is 14.0. The minimum absolute atomic E-state index is 0.0241. The number of rotatable bonds is 9. The van der Waals surface area contributed by atoms with E-state index in [1.165, 1.54) is 24.0 Å². The van der Waals surface area contributed by atoms with Crippen LogP contribution in [-0.4, -0.2) is 50.0 Å². The van der Waals surface area contributed by atoms with Gasteiger partial charge in [-0.1, -0.05) is 64.1 Å². The van der Waals surface area contributed by atoms with Crippen molar-refractivity contribution in [2.45, 2.75) is 39.4 Å². The van der Waals surface area contributed by atoms with Crippen LogP contribution in [0, 0.1) is 0 Å². The maximum Gasteiger partial charge on any atom is 0.244 e. The van der Waals surface area contributed by atoms with Crippen LogP contribution < -0.4 is 9.62 Å². The van der Waals surface area contributed by atoms with Crippen molar-refractivity contribution < 1.29 is 18.0 Å². The summed E-state index contributed by atoms with van der Waals surface area (Å²) < 4.78 is 26.1. The van der Waals surface area contributed by atoms with Crippen molar-refractivity contribution in [2.75, 3.05) is 17.1 Å². The minimum atomic E-state index is -4.01. The van der Waals surface area contributed by atoms with Crippen LogP contribution in [0.15, 0.2) is 30.3 Å². The summed E-state index contributed by atoms with van der Waals surface area (Å²) in [6, 6.07) is 6.21. The molecule has 0 aliphatic heterocycles. The Bertz CT molecular complexity index is 1200. The molecule has 7 nitrogen and oxygen atoms in total. The smallest absolute Gasteiger partial charge is 0.244 e. The molecule has 13 heteroatoms. The van der Waals surface area contributed by atoms with Crippen LogP contribution in [0.25, 0.3) is 0 Å². The standard InChI is InChI=1S/C22H24Cl5N3O4S/c1-12(2)28-22(32)13(3)29(10-14-15(23)6-5-7-16(14)24)21(31)11-30(35(4,33)34)20-9-18(26)17(25)8-19(20)27/h5-9,12-13H,10-11H2,1-4H3,(H,28,32)/t13-/m0/s1. The van der Waals surface area contributed by atoms with E-state index >= 15 is 0 Å². The maximum atomic E-state index is 13.5. The van der Waals surface area contributed by atoms with Crippen molar-refractivity contribution in [1.29, 1.82) is 0 Å². The second-order valence-corrected chi connectivity index (χ2v) is 12.0. The van der Waals surface area contributed by atoms with Crippen molar-refractivity contribution in [3.05, 3.63) is 61.0 Å². The maximum absolute atomic E-state index is 13.5. The van der Waals surface area contributed by atoms with E-state index in [-0.39, 0.29) is 33.3 Å². The number of sulfonamides is 1. The van der Waals surface area contributed by atoms with Crippen LogP contribution in [0.1, 0.15) is 26.3 Å². The first kappa shape index (κ1) is 29.8. The number of amides is 2. The van der Waals surface area contributed by atoms with Gasteiger partial charge in [-0.3, -0.25) is 13.9 Å². The average molecular weight is 604 g/mol. The molecule has 0 saturated heterocycles. The third-order valence-electron chi connectivity index (χ3n) is 4.93. The van der Waals surface area contributed by atoms with Crippen molar-refractivity contribution in [2.24, 2.45) is 0 Å². The fourth-order valence-corrected chi connectivity index (χ4v) is 5.20. The first-order chi connectivity index (χ1) is 16.1. The lowest BCUT2D eigenvalue weighted by Crippen LogP contribution is -2.52. The average Bonchev–Trinajstić information content (AvgIpc) is 2.73. The number of anilines is 1. The Hall–Kier alpha value is -1.42. The van der Waals surface area contributed by atoms with Gasteiger partial charge in [-0.2, -0.15) is 0 Å². The lowest BCUT2D eigenvalue weighted by molar-refractivity contribution is -0.139. The molecule has 0 spiro atoms. The number of hydrogen-bond donors (Lipinski definition) is 1. The summed E-state index contributed by atoms with van der Waals surface area (Å²) in [5.74, 6) is -1.13. The fourth-order valence-electron chi connectivity index (χ4n) is 3.14. The predicted molar refractivity (Wildman–Crippen MR) is 143 cm³/mol. The molecule has 2 rings (SSSR count). The number of halogens is 5. The molecule has 192 valence electrons. The molecule has 2 aromatic rings. The molecule has 35 heavy (non-hydrogen) atoms. The molecule has 1 N–H and O–H groups in total.